The molecule has 2 aromatic carbocycles. The van der Waals surface area contributed by atoms with E-state index in [9.17, 15) is 0 Å². The fourth-order valence-electron chi connectivity index (χ4n) is 2.64. The lowest BCUT2D eigenvalue weighted by Gasteiger charge is -2.26. The van der Waals surface area contributed by atoms with Crippen LogP contribution in [0, 0.1) is 0 Å². The Kier molecular flexibility index (Phi) is 3.84. The lowest BCUT2D eigenvalue weighted by Crippen LogP contribution is -2.36. The molecule has 0 saturated heterocycles. The van der Waals surface area contributed by atoms with Gasteiger partial charge in [-0.25, -0.2) is 0 Å². The molecule has 0 fully saturated rings. The Bertz CT molecular complexity index is 647. The highest BCUT2D eigenvalue weighted by molar-refractivity contribution is 6.30. The molecule has 0 amide bonds. The lowest BCUT2D eigenvalue weighted by atomic mass is 10.0. The highest BCUT2D eigenvalue weighted by atomic mass is 35.5. The van der Waals surface area contributed by atoms with Crippen molar-refractivity contribution in [3.05, 3.63) is 64.7 Å². The molecule has 0 radical (unpaired) electrons. The van der Waals surface area contributed by atoms with Crippen LogP contribution in [-0.2, 0) is 6.42 Å². The molecule has 108 valence electrons. The fourth-order valence-corrected chi connectivity index (χ4v) is 2.77. The molecule has 1 unspecified atom stereocenters. The third-order valence-electron chi connectivity index (χ3n) is 3.86. The van der Waals surface area contributed by atoms with E-state index in [1.807, 2.05) is 24.3 Å². The molecule has 0 saturated carbocycles. The molecular weight excluding hydrogens is 282 g/mol. The molecule has 1 aliphatic heterocycles. The minimum Gasteiger partial charge on any atom is -0.369 e. The Hall–Kier alpha value is -2.00. The molecule has 21 heavy (non-hydrogen) atoms. The molecule has 1 aliphatic rings. The summed E-state index contributed by atoms with van der Waals surface area (Å²) in [6.45, 7) is 2.84. The highest BCUT2D eigenvalue weighted by Crippen LogP contribution is 2.31. The number of hydrogen-bond acceptors (Lipinski definition) is 3. The zero-order valence-electron chi connectivity index (χ0n) is 12.0. The Labute approximate surface area is 130 Å². The standard InChI is InChI=1S/C17H18ClN3/c1-2-12-3-5-13(6-4-12)16-11-20-17(19)21(16)15-9-7-14(18)8-10-15/h3-10,16H,2,11H2,1H3,(H2,19,20). The van der Waals surface area contributed by atoms with Gasteiger partial charge in [0.05, 0.1) is 12.6 Å². The molecule has 0 spiro atoms. The molecule has 1 heterocycles. The SMILES string of the molecule is CCc1ccc(C2CN=C(N)N2c2ccc(Cl)cc2)cc1. The highest BCUT2D eigenvalue weighted by Gasteiger charge is 2.28. The van der Waals surface area contributed by atoms with Crippen molar-refractivity contribution in [2.45, 2.75) is 19.4 Å². The fraction of sp³-hybridized carbons (Fsp3) is 0.235. The van der Waals surface area contributed by atoms with Crippen molar-refractivity contribution in [3.8, 4) is 0 Å². The van der Waals surface area contributed by atoms with Gasteiger partial charge < -0.3 is 10.6 Å². The average Bonchev–Trinajstić information content (AvgIpc) is 2.90. The van der Waals surface area contributed by atoms with Crippen molar-refractivity contribution in [3.63, 3.8) is 0 Å². The van der Waals surface area contributed by atoms with Crippen molar-refractivity contribution in [1.82, 2.24) is 0 Å². The van der Waals surface area contributed by atoms with E-state index in [0.29, 0.717) is 12.5 Å². The van der Waals surface area contributed by atoms with Gasteiger partial charge in [-0.3, -0.25) is 4.99 Å². The van der Waals surface area contributed by atoms with E-state index in [4.69, 9.17) is 17.3 Å². The second-order valence-corrected chi connectivity index (χ2v) is 5.59. The van der Waals surface area contributed by atoms with E-state index >= 15 is 0 Å². The van der Waals surface area contributed by atoms with E-state index in [1.54, 1.807) is 0 Å². The van der Waals surface area contributed by atoms with Crippen LogP contribution in [0.2, 0.25) is 5.02 Å². The first-order valence-electron chi connectivity index (χ1n) is 7.12. The van der Waals surface area contributed by atoms with E-state index in [-0.39, 0.29) is 6.04 Å². The van der Waals surface area contributed by atoms with Gasteiger partial charge >= 0.3 is 0 Å². The van der Waals surface area contributed by atoms with Crippen LogP contribution in [0.15, 0.2) is 53.5 Å². The molecule has 2 N–H and O–H groups in total. The summed E-state index contributed by atoms with van der Waals surface area (Å²) in [4.78, 5) is 6.47. The maximum absolute atomic E-state index is 6.08. The monoisotopic (exact) mass is 299 g/mol. The van der Waals surface area contributed by atoms with Crippen LogP contribution in [0.3, 0.4) is 0 Å². The number of benzene rings is 2. The first-order valence-corrected chi connectivity index (χ1v) is 7.50. The van der Waals surface area contributed by atoms with Gasteiger partial charge in [0.15, 0.2) is 5.96 Å². The molecule has 4 heteroatoms. The third kappa shape index (κ3) is 2.74. The number of aliphatic imine (C=N–C) groups is 1. The first kappa shape index (κ1) is 14.0. The lowest BCUT2D eigenvalue weighted by molar-refractivity contribution is 0.768. The van der Waals surface area contributed by atoms with E-state index in [0.717, 1.165) is 17.1 Å². The number of nitrogens with zero attached hydrogens (tertiary/aromatic N) is 2. The van der Waals surface area contributed by atoms with Gasteiger partial charge in [0.2, 0.25) is 0 Å². The normalized spacial score (nSPS) is 17.9. The van der Waals surface area contributed by atoms with Crippen LogP contribution in [0.25, 0.3) is 0 Å². The van der Waals surface area contributed by atoms with E-state index in [1.165, 1.54) is 11.1 Å². The van der Waals surface area contributed by atoms with Gasteiger partial charge in [-0.1, -0.05) is 42.8 Å². The van der Waals surface area contributed by atoms with Crippen LogP contribution >= 0.6 is 11.6 Å². The Morgan fingerprint density at radius 1 is 1.14 bits per heavy atom. The third-order valence-corrected chi connectivity index (χ3v) is 4.11. The largest absolute Gasteiger partial charge is 0.369 e. The Morgan fingerprint density at radius 3 is 2.43 bits per heavy atom. The van der Waals surface area contributed by atoms with Crippen LogP contribution < -0.4 is 10.6 Å². The van der Waals surface area contributed by atoms with Gasteiger partial charge in [0, 0.05) is 10.7 Å². The summed E-state index contributed by atoms with van der Waals surface area (Å²) >= 11 is 5.96. The van der Waals surface area contributed by atoms with Crippen LogP contribution in [-0.4, -0.2) is 12.5 Å². The summed E-state index contributed by atoms with van der Waals surface area (Å²) in [5, 5.41) is 0.720. The van der Waals surface area contributed by atoms with Gasteiger partial charge in [-0.2, -0.15) is 0 Å². The summed E-state index contributed by atoms with van der Waals surface area (Å²) in [7, 11) is 0. The summed E-state index contributed by atoms with van der Waals surface area (Å²) in [5.74, 6) is 0.557. The Morgan fingerprint density at radius 2 is 1.81 bits per heavy atom. The average molecular weight is 300 g/mol. The van der Waals surface area contributed by atoms with Gasteiger partial charge in [0.25, 0.3) is 0 Å². The first-order chi connectivity index (χ1) is 10.2. The summed E-state index contributed by atoms with van der Waals surface area (Å²) in [6, 6.07) is 16.5. The summed E-state index contributed by atoms with van der Waals surface area (Å²) in [6.07, 6.45) is 1.05. The van der Waals surface area contributed by atoms with Crippen molar-refractivity contribution in [1.29, 1.82) is 0 Å². The van der Waals surface area contributed by atoms with Gasteiger partial charge in [0.1, 0.15) is 0 Å². The molecule has 0 bridgehead atoms. The van der Waals surface area contributed by atoms with E-state index in [2.05, 4.69) is 41.1 Å². The molecular formula is C17H18ClN3. The van der Waals surface area contributed by atoms with Crippen LogP contribution in [0.1, 0.15) is 24.1 Å². The smallest absolute Gasteiger partial charge is 0.196 e. The quantitative estimate of drug-likeness (QED) is 0.937. The predicted molar refractivity (Wildman–Crippen MR) is 89.0 cm³/mol. The van der Waals surface area contributed by atoms with Gasteiger partial charge in [-0.15, -0.1) is 0 Å². The second-order valence-electron chi connectivity index (χ2n) is 5.16. The second kappa shape index (κ2) is 5.78. The Balaban J connectivity index is 1.92. The number of nitrogens with two attached hydrogens (primary N) is 1. The topological polar surface area (TPSA) is 41.6 Å². The molecule has 3 nitrogen and oxygen atoms in total. The predicted octanol–water partition coefficient (Wildman–Crippen LogP) is 3.78. The van der Waals surface area contributed by atoms with Crippen molar-refractivity contribution >= 4 is 23.2 Å². The van der Waals surface area contributed by atoms with Crippen LogP contribution in [0.4, 0.5) is 5.69 Å². The molecule has 0 aromatic heterocycles. The van der Waals surface area contributed by atoms with Crippen molar-refractivity contribution < 1.29 is 0 Å². The van der Waals surface area contributed by atoms with Crippen molar-refractivity contribution in [2.24, 2.45) is 10.7 Å². The van der Waals surface area contributed by atoms with Crippen molar-refractivity contribution in [2.75, 3.05) is 11.4 Å². The number of guanidine groups is 1. The molecule has 3 rings (SSSR count). The molecule has 2 aromatic rings. The molecule has 0 aliphatic carbocycles. The zero-order chi connectivity index (χ0) is 14.8. The minimum atomic E-state index is 0.150. The van der Waals surface area contributed by atoms with E-state index < -0.39 is 0 Å². The number of halogens is 1. The summed E-state index contributed by atoms with van der Waals surface area (Å²) < 4.78 is 0. The maximum atomic E-state index is 6.08. The van der Waals surface area contributed by atoms with Crippen LogP contribution in [0.5, 0.6) is 0 Å². The molecule has 1 atom stereocenters. The number of hydrogen-bond donors (Lipinski definition) is 1. The summed E-state index contributed by atoms with van der Waals surface area (Å²) in [5.41, 5.74) is 9.66. The number of anilines is 1. The maximum Gasteiger partial charge on any atom is 0.196 e. The number of aryl methyl sites for hydroxylation is 1. The minimum absolute atomic E-state index is 0.150. The number of rotatable bonds is 3. The van der Waals surface area contributed by atoms with Gasteiger partial charge in [-0.05, 0) is 41.8 Å². The zero-order valence-corrected chi connectivity index (χ0v) is 12.7.